The molecule has 0 radical (unpaired) electrons. The Morgan fingerprint density at radius 1 is 1.14 bits per heavy atom. The van der Waals surface area contributed by atoms with Crippen LogP contribution in [0.3, 0.4) is 0 Å². The van der Waals surface area contributed by atoms with E-state index >= 15 is 0 Å². The Morgan fingerprint density at radius 3 is 2.42 bits per heavy atom. The van der Waals surface area contributed by atoms with Crippen LogP contribution in [0.1, 0.15) is 70.6 Å². The van der Waals surface area contributed by atoms with Gasteiger partial charge in [0.1, 0.15) is 11.3 Å². The Labute approximate surface area is 213 Å². The zero-order valence-corrected chi connectivity index (χ0v) is 22.1. The van der Waals surface area contributed by atoms with Gasteiger partial charge in [0.25, 0.3) is 11.8 Å². The van der Waals surface area contributed by atoms with Gasteiger partial charge in [0.15, 0.2) is 0 Å². The SMILES string of the molecule is CCOc1ccc(N2C(=O)NC(=O)/C(=C\c3cc4c(cc3C)N(C(C)C)C(C)(C)C[C@@H]4C)C2=O)cc1. The van der Waals surface area contributed by atoms with Crippen molar-refractivity contribution in [3.8, 4) is 5.75 Å². The zero-order chi connectivity index (χ0) is 26.4. The topological polar surface area (TPSA) is 79.0 Å². The van der Waals surface area contributed by atoms with Gasteiger partial charge < -0.3 is 9.64 Å². The fraction of sp³-hybridized carbons (Fsp3) is 0.414. The summed E-state index contributed by atoms with van der Waals surface area (Å²) in [6, 6.07) is 10.4. The van der Waals surface area contributed by atoms with E-state index in [1.807, 2.05) is 13.8 Å². The summed E-state index contributed by atoms with van der Waals surface area (Å²) in [7, 11) is 0. The molecule has 0 aromatic heterocycles. The van der Waals surface area contributed by atoms with Gasteiger partial charge in [-0.3, -0.25) is 14.9 Å². The van der Waals surface area contributed by atoms with E-state index in [0.29, 0.717) is 30.0 Å². The van der Waals surface area contributed by atoms with E-state index in [1.54, 1.807) is 30.3 Å². The summed E-state index contributed by atoms with van der Waals surface area (Å²) in [4.78, 5) is 42.2. The summed E-state index contributed by atoms with van der Waals surface area (Å²) >= 11 is 0. The molecule has 2 heterocycles. The number of barbiturate groups is 1. The van der Waals surface area contributed by atoms with Crippen LogP contribution in [0.5, 0.6) is 5.75 Å². The molecule has 0 unspecified atom stereocenters. The van der Waals surface area contributed by atoms with Crippen molar-refractivity contribution in [1.82, 2.24) is 5.32 Å². The number of amides is 4. The van der Waals surface area contributed by atoms with E-state index < -0.39 is 17.8 Å². The van der Waals surface area contributed by atoms with Crippen molar-refractivity contribution in [3.05, 3.63) is 58.7 Å². The van der Waals surface area contributed by atoms with Gasteiger partial charge >= 0.3 is 6.03 Å². The van der Waals surface area contributed by atoms with Crippen LogP contribution in [0, 0.1) is 6.92 Å². The molecule has 1 N–H and O–H groups in total. The predicted octanol–water partition coefficient (Wildman–Crippen LogP) is 5.56. The highest BCUT2D eigenvalue weighted by atomic mass is 16.5. The van der Waals surface area contributed by atoms with Crippen LogP contribution in [0.2, 0.25) is 0 Å². The standard InChI is InChI=1S/C29H35N3O4/c1-8-36-22-11-9-21(10-12-22)31-27(34)24(26(33)30-28(31)35)15-20-14-23-19(5)16-29(6,7)32(17(2)3)25(23)13-18(20)4/h9-15,17,19H,8,16H2,1-7H3,(H,30,33,35)/b24-15+/t19-/m0/s1. The summed E-state index contributed by atoms with van der Waals surface area (Å²) in [6.07, 6.45) is 2.60. The average Bonchev–Trinajstić information content (AvgIpc) is 2.77. The average molecular weight is 490 g/mol. The zero-order valence-electron chi connectivity index (χ0n) is 22.1. The molecule has 4 amide bonds. The molecule has 0 saturated carbocycles. The molecule has 7 heteroatoms. The molecule has 36 heavy (non-hydrogen) atoms. The molecule has 4 rings (SSSR count). The van der Waals surface area contributed by atoms with Gasteiger partial charge in [0.2, 0.25) is 0 Å². The van der Waals surface area contributed by atoms with Gasteiger partial charge in [0.05, 0.1) is 12.3 Å². The number of carbonyl (C=O) groups excluding carboxylic acids is 3. The number of hydrogen-bond donors (Lipinski definition) is 1. The van der Waals surface area contributed by atoms with Crippen molar-refractivity contribution in [2.75, 3.05) is 16.4 Å². The lowest BCUT2D eigenvalue weighted by Gasteiger charge is -2.50. The highest BCUT2D eigenvalue weighted by Gasteiger charge is 2.39. The normalized spacial score (nSPS) is 20.6. The summed E-state index contributed by atoms with van der Waals surface area (Å²) in [5, 5.41) is 2.31. The molecule has 190 valence electrons. The third kappa shape index (κ3) is 4.50. The fourth-order valence-electron chi connectivity index (χ4n) is 5.65. The van der Waals surface area contributed by atoms with Crippen molar-refractivity contribution in [2.24, 2.45) is 0 Å². The highest BCUT2D eigenvalue weighted by Crippen LogP contribution is 2.45. The van der Waals surface area contributed by atoms with E-state index in [2.05, 4.69) is 57.0 Å². The van der Waals surface area contributed by atoms with Crippen molar-refractivity contribution >= 4 is 35.3 Å². The predicted molar refractivity (Wildman–Crippen MR) is 143 cm³/mol. The van der Waals surface area contributed by atoms with Gasteiger partial charge in [-0.15, -0.1) is 0 Å². The lowest BCUT2D eigenvalue weighted by molar-refractivity contribution is -0.122. The van der Waals surface area contributed by atoms with Crippen LogP contribution >= 0.6 is 0 Å². The third-order valence-corrected chi connectivity index (χ3v) is 6.99. The number of benzene rings is 2. The number of hydrogen-bond acceptors (Lipinski definition) is 5. The first-order valence-corrected chi connectivity index (χ1v) is 12.5. The lowest BCUT2D eigenvalue weighted by Crippen LogP contribution is -2.54. The number of imide groups is 2. The number of anilines is 2. The number of ether oxygens (including phenoxy) is 1. The van der Waals surface area contributed by atoms with Gasteiger partial charge in [-0.1, -0.05) is 6.92 Å². The first-order chi connectivity index (χ1) is 16.9. The summed E-state index contributed by atoms with van der Waals surface area (Å²) < 4.78 is 5.45. The third-order valence-electron chi connectivity index (χ3n) is 6.99. The number of fused-ring (bicyclic) bond motifs is 1. The molecule has 2 aliphatic heterocycles. The second-order valence-corrected chi connectivity index (χ2v) is 10.5. The van der Waals surface area contributed by atoms with Crippen LogP contribution < -0.4 is 19.9 Å². The molecule has 2 aromatic rings. The van der Waals surface area contributed by atoms with E-state index in [9.17, 15) is 14.4 Å². The van der Waals surface area contributed by atoms with Crippen LogP contribution in [0.25, 0.3) is 6.08 Å². The molecule has 2 aromatic carbocycles. The Hall–Kier alpha value is -3.61. The molecular formula is C29H35N3O4. The number of nitrogens with zero attached hydrogens (tertiary/aromatic N) is 2. The summed E-state index contributed by atoms with van der Waals surface area (Å²) in [5.74, 6) is -0.388. The van der Waals surface area contributed by atoms with Crippen LogP contribution in [-0.4, -0.2) is 36.0 Å². The van der Waals surface area contributed by atoms with Gasteiger partial charge in [-0.05, 0) is 113 Å². The monoisotopic (exact) mass is 489 g/mol. The largest absolute Gasteiger partial charge is 0.494 e. The second-order valence-electron chi connectivity index (χ2n) is 10.5. The maximum absolute atomic E-state index is 13.4. The van der Waals surface area contributed by atoms with Gasteiger partial charge in [-0.2, -0.15) is 0 Å². The van der Waals surface area contributed by atoms with Crippen molar-refractivity contribution in [3.63, 3.8) is 0 Å². The summed E-state index contributed by atoms with van der Waals surface area (Å²) in [6.45, 7) is 15.5. The minimum atomic E-state index is -0.767. The van der Waals surface area contributed by atoms with Crippen molar-refractivity contribution in [2.45, 2.75) is 72.4 Å². The molecule has 0 aliphatic carbocycles. The molecule has 2 aliphatic rings. The number of aryl methyl sites for hydroxylation is 1. The number of rotatable bonds is 5. The molecule has 0 spiro atoms. The number of urea groups is 1. The van der Waals surface area contributed by atoms with Crippen LogP contribution in [-0.2, 0) is 9.59 Å². The van der Waals surface area contributed by atoms with E-state index in [0.717, 1.165) is 22.4 Å². The van der Waals surface area contributed by atoms with Crippen molar-refractivity contribution in [1.29, 1.82) is 0 Å². The highest BCUT2D eigenvalue weighted by molar-refractivity contribution is 6.39. The minimum absolute atomic E-state index is 0.0187. The first kappa shape index (κ1) is 25.5. The fourth-order valence-corrected chi connectivity index (χ4v) is 5.65. The number of carbonyl (C=O) groups is 3. The lowest BCUT2D eigenvalue weighted by atomic mass is 9.78. The van der Waals surface area contributed by atoms with Gasteiger partial charge in [-0.25, -0.2) is 9.69 Å². The number of nitrogens with one attached hydrogen (secondary N) is 1. The quantitative estimate of drug-likeness (QED) is 0.439. The van der Waals surface area contributed by atoms with Crippen molar-refractivity contribution < 1.29 is 19.1 Å². The van der Waals surface area contributed by atoms with Crippen LogP contribution in [0.15, 0.2) is 42.0 Å². The maximum atomic E-state index is 13.4. The Kier molecular flexibility index (Phi) is 6.69. The Bertz CT molecular complexity index is 1240. The van der Waals surface area contributed by atoms with Crippen LogP contribution in [0.4, 0.5) is 16.2 Å². The molecule has 0 bridgehead atoms. The van der Waals surface area contributed by atoms with Gasteiger partial charge in [0, 0.05) is 17.3 Å². The Morgan fingerprint density at radius 2 is 1.81 bits per heavy atom. The summed E-state index contributed by atoms with van der Waals surface area (Å²) in [5.41, 5.74) is 4.46. The van der Waals surface area contributed by atoms with E-state index in [1.165, 1.54) is 11.3 Å². The minimum Gasteiger partial charge on any atom is -0.494 e. The molecule has 1 atom stereocenters. The maximum Gasteiger partial charge on any atom is 0.335 e. The Balaban J connectivity index is 1.74. The molecule has 7 nitrogen and oxygen atoms in total. The first-order valence-electron chi connectivity index (χ1n) is 12.5. The molecule has 1 fully saturated rings. The smallest absolute Gasteiger partial charge is 0.335 e. The van der Waals surface area contributed by atoms with E-state index in [-0.39, 0.29) is 11.1 Å². The second kappa shape index (κ2) is 9.45. The molecule has 1 saturated heterocycles. The van der Waals surface area contributed by atoms with E-state index in [4.69, 9.17) is 4.74 Å². The molecular weight excluding hydrogens is 454 g/mol.